The molecule has 1 aliphatic heterocycles. The first kappa shape index (κ1) is 18.4. The molecule has 1 unspecified atom stereocenters. The Hall–Kier alpha value is -2.44. The first-order valence-electron chi connectivity index (χ1n) is 9.15. The van der Waals surface area contributed by atoms with E-state index >= 15 is 0 Å². The van der Waals surface area contributed by atoms with Crippen molar-refractivity contribution in [1.82, 2.24) is 25.4 Å². The van der Waals surface area contributed by atoms with Gasteiger partial charge in [-0.1, -0.05) is 26.0 Å². The Labute approximate surface area is 153 Å². The van der Waals surface area contributed by atoms with E-state index in [1.807, 2.05) is 17.7 Å². The molecule has 2 heterocycles. The fourth-order valence-corrected chi connectivity index (χ4v) is 3.15. The number of nitrogens with one attached hydrogen (secondary N) is 2. The van der Waals surface area contributed by atoms with Crippen molar-refractivity contribution in [1.29, 1.82) is 0 Å². The van der Waals surface area contributed by atoms with Crippen molar-refractivity contribution in [2.75, 3.05) is 13.1 Å². The highest BCUT2D eigenvalue weighted by molar-refractivity contribution is 5.80. The SMILES string of the molecule is CCNC(=NCC(C)(C)c1cccc(F)c1)NC1CCc2ncnn2C1. The number of guanidine groups is 1. The van der Waals surface area contributed by atoms with Crippen molar-refractivity contribution in [3.05, 3.63) is 47.8 Å². The van der Waals surface area contributed by atoms with E-state index in [4.69, 9.17) is 4.99 Å². The van der Waals surface area contributed by atoms with Crippen LogP contribution in [0.4, 0.5) is 4.39 Å². The van der Waals surface area contributed by atoms with E-state index in [0.29, 0.717) is 6.54 Å². The third-order valence-electron chi connectivity index (χ3n) is 4.73. The molecule has 140 valence electrons. The summed E-state index contributed by atoms with van der Waals surface area (Å²) in [7, 11) is 0. The molecule has 6 nitrogen and oxygen atoms in total. The number of rotatable bonds is 5. The van der Waals surface area contributed by atoms with E-state index < -0.39 is 0 Å². The summed E-state index contributed by atoms with van der Waals surface area (Å²) >= 11 is 0. The molecule has 0 radical (unpaired) electrons. The highest BCUT2D eigenvalue weighted by Crippen LogP contribution is 2.24. The number of benzene rings is 1. The van der Waals surface area contributed by atoms with Gasteiger partial charge in [-0.05, 0) is 31.0 Å². The molecule has 0 spiro atoms. The lowest BCUT2D eigenvalue weighted by Crippen LogP contribution is -2.47. The van der Waals surface area contributed by atoms with Crippen LogP contribution in [0.15, 0.2) is 35.6 Å². The van der Waals surface area contributed by atoms with Gasteiger partial charge in [-0.15, -0.1) is 0 Å². The molecule has 0 fully saturated rings. The van der Waals surface area contributed by atoms with Crippen LogP contribution in [0.1, 0.15) is 38.6 Å². The van der Waals surface area contributed by atoms with Crippen molar-refractivity contribution < 1.29 is 4.39 Å². The number of aliphatic imine (C=N–C) groups is 1. The fourth-order valence-electron chi connectivity index (χ4n) is 3.15. The predicted molar refractivity (Wildman–Crippen MR) is 101 cm³/mol. The molecule has 3 rings (SSSR count). The van der Waals surface area contributed by atoms with Crippen molar-refractivity contribution in [2.24, 2.45) is 4.99 Å². The molecule has 1 aromatic heterocycles. The Kier molecular flexibility index (Phi) is 5.54. The largest absolute Gasteiger partial charge is 0.357 e. The minimum absolute atomic E-state index is 0.213. The van der Waals surface area contributed by atoms with E-state index in [1.54, 1.807) is 18.5 Å². The first-order valence-corrected chi connectivity index (χ1v) is 9.15. The van der Waals surface area contributed by atoms with Crippen LogP contribution in [0.5, 0.6) is 0 Å². The third-order valence-corrected chi connectivity index (χ3v) is 4.73. The van der Waals surface area contributed by atoms with Crippen LogP contribution in [-0.4, -0.2) is 39.9 Å². The van der Waals surface area contributed by atoms with Gasteiger partial charge in [0.05, 0.1) is 13.1 Å². The number of nitrogens with zero attached hydrogens (tertiary/aromatic N) is 4. The summed E-state index contributed by atoms with van der Waals surface area (Å²) in [5.41, 5.74) is 0.692. The van der Waals surface area contributed by atoms with Crippen LogP contribution < -0.4 is 10.6 Å². The van der Waals surface area contributed by atoms with Crippen LogP contribution in [0.3, 0.4) is 0 Å². The second-order valence-corrected chi connectivity index (χ2v) is 7.33. The molecule has 1 atom stereocenters. The summed E-state index contributed by atoms with van der Waals surface area (Å²) in [4.78, 5) is 9.02. The van der Waals surface area contributed by atoms with Crippen molar-refractivity contribution in [3.63, 3.8) is 0 Å². The number of aryl methyl sites for hydroxylation is 1. The lowest BCUT2D eigenvalue weighted by atomic mass is 9.85. The van der Waals surface area contributed by atoms with Crippen LogP contribution in [-0.2, 0) is 18.4 Å². The molecule has 2 aromatic rings. The van der Waals surface area contributed by atoms with Gasteiger partial charge in [0, 0.05) is 24.4 Å². The molecule has 0 bridgehead atoms. The van der Waals surface area contributed by atoms with E-state index in [1.165, 1.54) is 6.07 Å². The number of fused-ring (bicyclic) bond motifs is 1. The number of halogens is 1. The Bertz CT molecular complexity index is 767. The molecule has 0 saturated carbocycles. The van der Waals surface area contributed by atoms with Gasteiger partial charge >= 0.3 is 0 Å². The Morgan fingerprint density at radius 3 is 3.04 bits per heavy atom. The quantitative estimate of drug-likeness (QED) is 0.636. The van der Waals surface area contributed by atoms with Gasteiger partial charge in [-0.2, -0.15) is 5.10 Å². The molecule has 7 heteroatoms. The summed E-state index contributed by atoms with van der Waals surface area (Å²) in [5, 5.41) is 11.1. The third kappa shape index (κ3) is 4.39. The number of hydrogen-bond donors (Lipinski definition) is 2. The highest BCUT2D eigenvalue weighted by Gasteiger charge is 2.23. The van der Waals surface area contributed by atoms with Gasteiger partial charge in [0.25, 0.3) is 0 Å². The lowest BCUT2D eigenvalue weighted by molar-refractivity contribution is 0.392. The van der Waals surface area contributed by atoms with E-state index in [2.05, 4.69) is 34.6 Å². The lowest BCUT2D eigenvalue weighted by Gasteiger charge is -2.27. The second-order valence-electron chi connectivity index (χ2n) is 7.33. The first-order chi connectivity index (χ1) is 12.5. The van der Waals surface area contributed by atoms with Gasteiger partial charge in [0.1, 0.15) is 18.0 Å². The van der Waals surface area contributed by atoms with Crippen molar-refractivity contribution in [2.45, 2.75) is 51.6 Å². The number of aromatic nitrogens is 3. The molecule has 1 aromatic carbocycles. The zero-order valence-electron chi connectivity index (χ0n) is 15.7. The van der Waals surface area contributed by atoms with Crippen LogP contribution in [0, 0.1) is 5.82 Å². The maximum atomic E-state index is 13.5. The minimum atomic E-state index is -0.254. The average Bonchev–Trinajstić information content (AvgIpc) is 3.08. The molecule has 0 amide bonds. The molecule has 1 aliphatic rings. The van der Waals surface area contributed by atoms with Crippen LogP contribution >= 0.6 is 0 Å². The fraction of sp³-hybridized carbons (Fsp3) is 0.526. The van der Waals surface area contributed by atoms with Crippen LogP contribution in [0.25, 0.3) is 0 Å². The van der Waals surface area contributed by atoms with Crippen molar-refractivity contribution >= 4 is 5.96 Å². The summed E-state index contributed by atoms with van der Waals surface area (Å²) in [6.45, 7) is 8.34. The Morgan fingerprint density at radius 2 is 2.27 bits per heavy atom. The molecule has 2 N–H and O–H groups in total. The van der Waals surface area contributed by atoms with Gasteiger partial charge in [0.2, 0.25) is 0 Å². The van der Waals surface area contributed by atoms with Crippen molar-refractivity contribution in [3.8, 4) is 0 Å². The Balaban J connectivity index is 1.67. The molecule has 26 heavy (non-hydrogen) atoms. The predicted octanol–water partition coefficient (Wildman–Crippen LogP) is 2.26. The maximum absolute atomic E-state index is 13.5. The number of hydrogen-bond acceptors (Lipinski definition) is 3. The Morgan fingerprint density at radius 1 is 1.42 bits per heavy atom. The highest BCUT2D eigenvalue weighted by atomic mass is 19.1. The topological polar surface area (TPSA) is 67.1 Å². The summed E-state index contributed by atoms with van der Waals surface area (Å²) in [5.74, 6) is 1.61. The minimum Gasteiger partial charge on any atom is -0.357 e. The van der Waals surface area contributed by atoms with Crippen LogP contribution in [0.2, 0.25) is 0 Å². The zero-order valence-corrected chi connectivity index (χ0v) is 15.7. The van der Waals surface area contributed by atoms with Gasteiger partial charge in [0.15, 0.2) is 5.96 Å². The molecular weight excluding hydrogens is 331 g/mol. The monoisotopic (exact) mass is 358 g/mol. The van der Waals surface area contributed by atoms with E-state index in [0.717, 1.165) is 43.3 Å². The van der Waals surface area contributed by atoms with Gasteiger partial charge in [-0.25, -0.2) is 14.1 Å². The standard InChI is InChI=1S/C19H27FN6/c1-4-21-18(25-16-8-9-17-23-13-24-26(17)11-16)22-12-19(2,3)14-6-5-7-15(20)10-14/h5-7,10,13,16H,4,8-9,11-12H2,1-3H3,(H2,21,22,25). The summed E-state index contributed by atoms with van der Waals surface area (Å²) in [6, 6.07) is 7.02. The maximum Gasteiger partial charge on any atom is 0.191 e. The molecular formula is C19H27FN6. The smallest absolute Gasteiger partial charge is 0.191 e. The second kappa shape index (κ2) is 7.85. The average molecular weight is 358 g/mol. The zero-order chi connectivity index (χ0) is 18.6. The van der Waals surface area contributed by atoms with E-state index in [9.17, 15) is 4.39 Å². The van der Waals surface area contributed by atoms with Gasteiger partial charge < -0.3 is 10.6 Å². The summed E-state index contributed by atoms with van der Waals surface area (Å²) < 4.78 is 15.5. The normalized spacial score (nSPS) is 17.7. The molecule has 0 aliphatic carbocycles. The summed E-state index contributed by atoms with van der Waals surface area (Å²) in [6.07, 6.45) is 3.51. The van der Waals surface area contributed by atoms with Gasteiger partial charge in [-0.3, -0.25) is 4.99 Å². The molecule has 0 saturated heterocycles. The van der Waals surface area contributed by atoms with E-state index in [-0.39, 0.29) is 17.3 Å².